The van der Waals surface area contributed by atoms with Gasteiger partial charge in [0.2, 0.25) is 0 Å². The molecule has 0 unspecified atom stereocenters. The van der Waals surface area contributed by atoms with Gasteiger partial charge in [0.15, 0.2) is 5.78 Å². The van der Waals surface area contributed by atoms with Gasteiger partial charge < -0.3 is 5.11 Å². The first kappa shape index (κ1) is 12.1. The van der Waals surface area contributed by atoms with E-state index in [1.807, 2.05) is 31.2 Å². The highest BCUT2D eigenvalue weighted by atomic mass is 16.3. The highest BCUT2D eigenvalue weighted by Crippen LogP contribution is 2.20. The van der Waals surface area contributed by atoms with Crippen molar-refractivity contribution in [2.24, 2.45) is 0 Å². The molecule has 1 N–H and O–H groups in total. The fourth-order valence-corrected chi connectivity index (χ4v) is 1.69. The smallest absolute Gasteiger partial charge is 0.185 e. The summed E-state index contributed by atoms with van der Waals surface area (Å²) in [4.78, 5) is 11.9. The van der Waals surface area contributed by atoms with Crippen molar-refractivity contribution >= 4 is 11.9 Å². The van der Waals surface area contributed by atoms with Gasteiger partial charge in [-0.1, -0.05) is 48.5 Å². The van der Waals surface area contributed by atoms with Gasteiger partial charge in [0, 0.05) is 5.56 Å². The highest BCUT2D eigenvalue weighted by Gasteiger charge is 2.02. The Morgan fingerprint density at radius 2 is 1.78 bits per heavy atom. The van der Waals surface area contributed by atoms with Gasteiger partial charge in [0.1, 0.15) is 5.75 Å². The summed E-state index contributed by atoms with van der Waals surface area (Å²) in [6.45, 7) is 1.82. The Labute approximate surface area is 106 Å². The molecule has 0 amide bonds. The molecule has 0 aromatic heterocycles. The predicted octanol–water partition coefficient (Wildman–Crippen LogP) is 3.60. The number of carbonyl (C=O) groups is 1. The zero-order valence-corrected chi connectivity index (χ0v) is 10.1. The third-order valence-corrected chi connectivity index (χ3v) is 2.82. The van der Waals surface area contributed by atoms with Gasteiger partial charge in [-0.25, -0.2) is 0 Å². The molecular weight excluding hydrogens is 224 g/mol. The number of benzene rings is 2. The number of phenolic OH excluding ortho intramolecular Hbond substituents is 1. The number of hydrogen-bond acceptors (Lipinski definition) is 2. The van der Waals surface area contributed by atoms with Gasteiger partial charge in [-0.2, -0.15) is 0 Å². The first-order valence-corrected chi connectivity index (χ1v) is 5.74. The van der Waals surface area contributed by atoms with Crippen molar-refractivity contribution in [2.75, 3.05) is 0 Å². The first-order chi connectivity index (χ1) is 8.68. The molecule has 0 aliphatic carbocycles. The summed E-state index contributed by atoms with van der Waals surface area (Å²) in [7, 11) is 0. The molecule has 2 aromatic carbocycles. The van der Waals surface area contributed by atoms with E-state index in [1.165, 1.54) is 6.08 Å². The van der Waals surface area contributed by atoms with Crippen LogP contribution in [0.1, 0.15) is 21.5 Å². The lowest BCUT2D eigenvalue weighted by Gasteiger charge is -2.02. The van der Waals surface area contributed by atoms with Crippen LogP contribution in [-0.4, -0.2) is 10.9 Å². The van der Waals surface area contributed by atoms with Crippen molar-refractivity contribution in [2.45, 2.75) is 6.92 Å². The van der Waals surface area contributed by atoms with Crippen LogP contribution in [0.3, 0.4) is 0 Å². The molecular formula is C16H14O2. The Morgan fingerprint density at radius 1 is 1.06 bits per heavy atom. The molecule has 0 fully saturated rings. The van der Waals surface area contributed by atoms with Crippen LogP contribution in [0.5, 0.6) is 5.75 Å². The minimum Gasteiger partial charge on any atom is -0.508 e. The van der Waals surface area contributed by atoms with Crippen LogP contribution >= 0.6 is 0 Å². The molecule has 0 aliphatic heterocycles. The molecule has 0 atom stereocenters. The van der Waals surface area contributed by atoms with E-state index in [0.717, 1.165) is 11.1 Å². The summed E-state index contributed by atoms with van der Waals surface area (Å²) in [6, 6.07) is 14.4. The second-order valence-electron chi connectivity index (χ2n) is 4.05. The summed E-state index contributed by atoms with van der Waals surface area (Å²) in [5, 5.41) is 9.56. The lowest BCUT2D eigenvalue weighted by atomic mass is 10.1. The number of allylic oxidation sites excluding steroid dienone is 1. The van der Waals surface area contributed by atoms with E-state index in [9.17, 15) is 9.90 Å². The van der Waals surface area contributed by atoms with Crippen LogP contribution in [-0.2, 0) is 0 Å². The molecule has 0 radical (unpaired) electrons. The number of ketones is 1. The second-order valence-corrected chi connectivity index (χ2v) is 4.05. The summed E-state index contributed by atoms with van der Waals surface area (Å²) in [5.74, 6) is 0.197. The summed E-state index contributed by atoms with van der Waals surface area (Å²) in [6.07, 6.45) is 3.25. The third kappa shape index (κ3) is 2.66. The molecule has 2 heteroatoms. The maximum atomic E-state index is 11.9. The van der Waals surface area contributed by atoms with E-state index in [1.54, 1.807) is 30.3 Å². The van der Waals surface area contributed by atoms with Crippen LogP contribution in [0.15, 0.2) is 54.6 Å². The van der Waals surface area contributed by atoms with E-state index >= 15 is 0 Å². The van der Waals surface area contributed by atoms with Gasteiger partial charge in [-0.15, -0.1) is 0 Å². The van der Waals surface area contributed by atoms with E-state index in [-0.39, 0.29) is 11.5 Å². The predicted molar refractivity (Wildman–Crippen MR) is 72.7 cm³/mol. The van der Waals surface area contributed by atoms with Crippen LogP contribution in [0.4, 0.5) is 0 Å². The van der Waals surface area contributed by atoms with Crippen LogP contribution in [0.2, 0.25) is 0 Å². The number of aromatic hydroxyl groups is 1. The van der Waals surface area contributed by atoms with Crippen molar-refractivity contribution < 1.29 is 9.90 Å². The normalized spacial score (nSPS) is 10.7. The molecule has 2 nitrogen and oxygen atoms in total. The average Bonchev–Trinajstić information content (AvgIpc) is 2.41. The van der Waals surface area contributed by atoms with E-state index in [2.05, 4.69) is 0 Å². The van der Waals surface area contributed by atoms with E-state index in [4.69, 9.17) is 0 Å². The molecule has 0 saturated heterocycles. The largest absolute Gasteiger partial charge is 0.508 e. The van der Waals surface area contributed by atoms with Crippen molar-refractivity contribution in [3.05, 3.63) is 71.3 Å². The van der Waals surface area contributed by atoms with Crippen molar-refractivity contribution in [1.29, 1.82) is 0 Å². The monoisotopic (exact) mass is 238 g/mol. The van der Waals surface area contributed by atoms with Crippen molar-refractivity contribution in [3.63, 3.8) is 0 Å². The Hall–Kier alpha value is -2.35. The third-order valence-electron chi connectivity index (χ3n) is 2.82. The topological polar surface area (TPSA) is 37.3 Å². The minimum atomic E-state index is -0.0432. The van der Waals surface area contributed by atoms with Gasteiger partial charge in [-0.3, -0.25) is 4.79 Å². The van der Waals surface area contributed by atoms with E-state index < -0.39 is 0 Å². The van der Waals surface area contributed by atoms with Crippen LogP contribution in [0, 0.1) is 6.92 Å². The first-order valence-electron chi connectivity index (χ1n) is 5.74. The number of phenols is 1. The number of carbonyl (C=O) groups excluding carboxylic acids is 1. The van der Waals surface area contributed by atoms with Gasteiger partial charge >= 0.3 is 0 Å². The highest BCUT2D eigenvalue weighted by molar-refractivity contribution is 6.06. The molecule has 0 spiro atoms. The minimum absolute atomic E-state index is 0.0432. The molecule has 2 rings (SSSR count). The molecule has 0 heterocycles. The number of hydrogen-bond donors (Lipinski definition) is 1. The van der Waals surface area contributed by atoms with Crippen molar-refractivity contribution in [1.82, 2.24) is 0 Å². The van der Waals surface area contributed by atoms with Gasteiger partial charge in [-0.05, 0) is 30.2 Å². The zero-order valence-electron chi connectivity index (χ0n) is 10.1. The SMILES string of the molecule is Cc1c(O)cccc1C=CC(=O)c1ccccc1. The lowest BCUT2D eigenvalue weighted by Crippen LogP contribution is -1.93. The molecule has 0 aliphatic rings. The Kier molecular flexibility index (Phi) is 3.58. The summed E-state index contributed by atoms with van der Waals surface area (Å²) < 4.78 is 0. The fraction of sp³-hybridized carbons (Fsp3) is 0.0625. The van der Waals surface area contributed by atoms with Gasteiger partial charge in [0.05, 0.1) is 0 Å². The molecule has 0 saturated carbocycles. The fourth-order valence-electron chi connectivity index (χ4n) is 1.69. The Balaban J connectivity index is 2.22. The standard InChI is InChI=1S/C16H14O2/c1-12-13(8-5-9-15(12)17)10-11-16(18)14-6-3-2-4-7-14/h2-11,17H,1H3. The van der Waals surface area contributed by atoms with Gasteiger partial charge in [0.25, 0.3) is 0 Å². The number of rotatable bonds is 3. The summed E-state index contributed by atoms with van der Waals surface area (Å²) in [5.41, 5.74) is 2.28. The zero-order chi connectivity index (χ0) is 13.0. The average molecular weight is 238 g/mol. The quantitative estimate of drug-likeness (QED) is 0.655. The lowest BCUT2D eigenvalue weighted by molar-refractivity contribution is 0.104. The van der Waals surface area contributed by atoms with Crippen LogP contribution in [0.25, 0.3) is 6.08 Å². The van der Waals surface area contributed by atoms with E-state index in [0.29, 0.717) is 5.56 Å². The molecule has 0 bridgehead atoms. The Bertz CT molecular complexity index is 583. The second kappa shape index (κ2) is 5.32. The Morgan fingerprint density at radius 3 is 2.50 bits per heavy atom. The molecule has 90 valence electrons. The summed E-state index contributed by atoms with van der Waals surface area (Å²) >= 11 is 0. The maximum Gasteiger partial charge on any atom is 0.185 e. The maximum absolute atomic E-state index is 11.9. The van der Waals surface area contributed by atoms with Crippen LogP contribution < -0.4 is 0 Å². The molecule has 18 heavy (non-hydrogen) atoms. The van der Waals surface area contributed by atoms with Crippen molar-refractivity contribution in [3.8, 4) is 5.75 Å². The molecule has 2 aromatic rings.